The molecule has 0 N–H and O–H groups in total. The molecule has 1 aromatic rings. The highest BCUT2D eigenvalue weighted by molar-refractivity contribution is 6.30. The van der Waals surface area contributed by atoms with Gasteiger partial charge in [0.25, 0.3) is 0 Å². The van der Waals surface area contributed by atoms with Crippen LogP contribution in [0, 0.1) is 0 Å². The third-order valence-electron chi connectivity index (χ3n) is 2.25. The van der Waals surface area contributed by atoms with E-state index in [0.717, 1.165) is 23.7 Å². The normalized spacial score (nSPS) is 15.8. The van der Waals surface area contributed by atoms with Crippen LogP contribution in [0.1, 0.15) is 5.56 Å². The highest BCUT2D eigenvalue weighted by Gasteiger charge is 2.15. The monoisotopic (exact) mass is 211 g/mol. The fraction of sp³-hybridized carbons (Fsp3) is 0.455. The maximum atomic E-state index is 5.85. The summed E-state index contributed by atoms with van der Waals surface area (Å²) in [7, 11) is 0. The van der Waals surface area contributed by atoms with Crippen LogP contribution in [0.15, 0.2) is 24.3 Å². The van der Waals surface area contributed by atoms with Crippen LogP contribution in [0.5, 0.6) is 0 Å². The minimum Gasteiger partial charge on any atom is -0.375 e. The van der Waals surface area contributed by atoms with Crippen molar-refractivity contribution in [2.24, 2.45) is 0 Å². The zero-order chi connectivity index (χ0) is 9.80. The average molecular weight is 212 g/mol. The molecule has 0 aromatic heterocycles. The SMILES string of the molecule is Clc1cccc(COCCN2CC2)c1. The Morgan fingerprint density at radius 3 is 2.93 bits per heavy atom. The number of nitrogens with zero attached hydrogens (tertiary/aromatic N) is 1. The number of hydrogen-bond acceptors (Lipinski definition) is 2. The van der Waals surface area contributed by atoms with Gasteiger partial charge in [0.2, 0.25) is 0 Å². The first-order chi connectivity index (χ1) is 6.84. The van der Waals surface area contributed by atoms with Crippen LogP contribution >= 0.6 is 11.6 Å². The average Bonchev–Trinajstić information content (AvgIpc) is 2.96. The van der Waals surface area contributed by atoms with Gasteiger partial charge in [-0.15, -0.1) is 0 Å². The molecule has 1 aliphatic rings. The molecule has 1 aliphatic heterocycles. The van der Waals surface area contributed by atoms with Crippen molar-refractivity contribution in [2.45, 2.75) is 6.61 Å². The van der Waals surface area contributed by atoms with E-state index in [0.29, 0.717) is 6.61 Å². The van der Waals surface area contributed by atoms with Crippen molar-refractivity contribution in [3.8, 4) is 0 Å². The predicted molar refractivity (Wildman–Crippen MR) is 57.5 cm³/mol. The molecule has 0 aliphatic carbocycles. The molecule has 0 atom stereocenters. The summed E-state index contributed by atoms with van der Waals surface area (Å²) in [5, 5.41) is 0.775. The molecule has 0 saturated carbocycles. The Labute approximate surface area is 89.4 Å². The first kappa shape index (κ1) is 9.97. The smallest absolute Gasteiger partial charge is 0.0718 e. The zero-order valence-corrected chi connectivity index (χ0v) is 8.83. The first-order valence-corrected chi connectivity index (χ1v) is 5.27. The molecule has 76 valence electrons. The lowest BCUT2D eigenvalue weighted by Crippen LogP contribution is -2.07. The molecule has 1 fully saturated rings. The van der Waals surface area contributed by atoms with Gasteiger partial charge in [0, 0.05) is 24.7 Å². The van der Waals surface area contributed by atoms with Crippen LogP contribution in [0.2, 0.25) is 5.02 Å². The molecule has 0 bridgehead atoms. The molecular formula is C11H14ClNO. The van der Waals surface area contributed by atoms with Crippen LogP contribution in [0.25, 0.3) is 0 Å². The van der Waals surface area contributed by atoms with Crippen molar-refractivity contribution in [2.75, 3.05) is 26.2 Å². The summed E-state index contributed by atoms with van der Waals surface area (Å²) in [5.41, 5.74) is 1.14. The number of benzene rings is 1. The van der Waals surface area contributed by atoms with Gasteiger partial charge in [-0.05, 0) is 17.7 Å². The lowest BCUT2D eigenvalue weighted by molar-refractivity contribution is 0.114. The molecule has 0 unspecified atom stereocenters. The van der Waals surface area contributed by atoms with Gasteiger partial charge in [0.15, 0.2) is 0 Å². The Kier molecular flexibility index (Phi) is 3.40. The van der Waals surface area contributed by atoms with Gasteiger partial charge in [-0.25, -0.2) is 0 Å². The van der Waals surface area contributed by atoms with Gasteiger partial charge in [0.1, 0.15) is 0 Å². The Bertz CT molecular complexity index is 299. The van der Waals surface area contributed by atoms with E-state index in [9.17, 15) is 0 Å². The Morgan fingerprint density at radius 1 is 1.36 bits per heavy atom. The van der Waals surface area contributed by atoms with E-state index in [1.807, 2.05) is 24.3 Å². The second-order valence-corrected chi connectivity index (χ2v) is 3.96. The van der Waals surface area contributed by atoms with E-state index in [1.54, 1.807) is 0 Å². The number of halogens is 1. The predicted octanol–water partition coefficient (Wildman–Crippen LogP) is 2.17. The van der Waals surface area contributed by atoms with E-state index in [2.05, 4.69) is 4.90 Å². The lowest BCUT2D eigenvalue weighted by atomic mass is 10.2. The quantitative estimate of drug-likeness (QED) is 0.547. The van der Waals surface area contributed by atoms with Gasteiger partial charge in [0.05, 0.1) is 13.2 Å². The molecule has 0 spiro atoms. The molecule has 2 nitrogen and oxygen atoms in total. The van der Waals surface area contributed by atoms with Gasteiger partial charge < -0.3 is 4.74 Å². The summed E-state index contributed by atoms with van der Waals surface area (Å²) in [6, 6.07) is 7.80. The van der Waals surface area contributed by atoms with E-state index >= 15 is 0 Å². The van der Waals surface area contributed by atoms with Crippen LogP contribution in [0.3, 0.4) is 0 Å². The summed E-state index contributed by atoms with van der Waals surface area (Å²) < 4.78 is 5.53. The van der Waals surface area contributed by atoms with E-state index < -0.39 is 0 Å². The molecule has 14 heavy (non-hydrogen) atoms. The highest BCUT2D eigenvalue weighted by Crippen LogP contribution is 2.11. The van der Waals surface area contributed by atoms with Crippen molar-refractivity contribution < 1.29 is 4.74 Å². The van der Waals surface area contributed by atoms with E-state index in [4.69, 9.17) is 16.3 Å². The van der Waals surface area contributed by atoms with Crippen LogP contribution in [0.4, 0.5) is 0 Å². The molecule has 1 saturated heterocycles. The molecule has 1 aromatic carbocycles. The molecule has 0 radical (unpaired) electrons. The summed E-state index contributed by atoms with van der Waals surface area (Å²) in [5.74, 6) is 0. The number of rotatable bonds is 5. The van der Waals surface area contributed by atoms with Crippen molar-refractivity contribution in [1.82, 2.24) is 4.90 Å². The number of ether oxygens (including phenoxy) is 1. The minimum atomic E-state index is 0.661. The molecule has 0 amide bonds. The number of hydrogen-bond donors (Lipinski definition) is 0. The summed E-state index contributed by atoms with van der Waals surface area (Å²) in [4.78, 5) is 2.35. The van der Waals surface area contributed by atoms with E-state index in [1.165, 1.54) is 13.1 Å². The molecule has 3 heteroatoms. The van der Waals surface area contributed by atoms with Gasteiger partial charge >= 0.3 is 0 Å². The maximum absolute atomic E-state index is 5.85. The Balaban J connectivity index is 1.68. The minimum absolute atomic E-state index is 0.661. The maximum Gasteiger partial charge on any atom is 0.0718 e. The fourth-order valence-electron chi connectivity index (χ4n) is 1.30. The summed E-state index contributed by atoms with van der Waals surface area (Å²) in [6.45, 7) is 5.00. The topological polar surface area (TPSA) is 12.2 Å². The Morgan fingerprint density at radius 2 is 2.21 bits per heavy atom. The van der Waals surface area contributed by atoms with Crippen LogP contribution < -0.4 is 0 Å². The van der Waals surface area contributed by atoms with Crippen LogP contribution in [-0.2, 0) is 11.3 Å². The Hall–Kier alpha value is -0.570. The highest BCUT2D eigenvalue weighted by atomic mass is 35.5. The van der Waals surface area contributed by atoms with Crippen molar-refractivity contribution in [3.63, 3.8) is 0 Å². The standard InChI is InChI=1S/C11H14ClNO/c12-11-3-1-2-10(8-11)9-14-7-6-13-4-5-13/h1-3,8H,4-7,9H2. The summed E-state index contributed by atoms with van der Waals surface area (Å²) in [6.07, 6.45) is 0. The second kappa shape index (κ2) is 4.78. The molecule has 1 heterocycles. The fourth-order valence-corrected chi connectivity index (χ4v) is 1.52. The lowest BCUT2D eigenvalue weighted by Gasteiger charge is -2.04. The third kappa shape index (κ3) is 3.29. The third-order valence-corrected chi connectivity index (χ3v) is 2.48. The molecule has 2 rings (SSSR count). The van der Waals surface area contributed by atoms with Crippen molar-refractivity contribution in [3.05, 3.63) is 34.9 Å². The molecular weight excluding hydrogens is 198 g/mol. The summed E-state index contributed by atoms with van der Waals surface area (Å²) >= 11 is 5.85. The zero-order valence-electron chi connectivity index (χ0n) is 8.08. The van der Waals surface area contributed by atoms with Crippen molar-refractivity contribution >= 4 is 11.6 Å². The largest absolute Gasteiger partial charge is 0.375 e. The van der Waals surface area contributed by atoms with Gasteiger partial charge in [-0.2, -0.15) is 0 Å². The first-order valence-electron chi connectivity index (χ1n) is 4.89. The van der Waals surface area contributed by atoms with E-state index in [-0.39, 0.29) is 0 Å². The van der Waals surface area contributed by atoms with Crippen LogP contribution in [-0.4, -0.2) is 31.1 Å². The van der Waals surface area contributed by atoms with Gasteiger partial charge in [-0.3, -0.25) is 4.90 Å². The van der Waals surface area contributed by atoms with Gasteiger partial charge in [-0.1, -0.05) is 23.7 Å². The van der Waals surface area contributed by atoms with Crippen molar-refractivity contribution in [1.29, 1.82) is 0 Å². The second-order valence-electron chi connectivity index (χ2n) is 3.52.